The van der Waals surface area contributed by atoms with Gasteiger partial charge in [-0.25, -0.2) is 0 Å². The maximum absolute atomic E-state index is 12.4. The van der Waals surface area contributed by atoms with Crippen LogP contribution < -0.4 is 15.0 Å². The number of carbonyl (C=O) groups excluding carboxylic acids is 1. The van der Waals surface area contributed by atoms with E-state index in [-0.39, 0.29) is 17.9 Å². The topological polar surface area (TPSA) is 57.5 Å². The largest absolute Gasteiger partial charge is 0.485 e. The van der Waals surface area contributed by atoms with Crippen LogP contribution >= 0.6 is 0 Å². The fraction of sp³-hybridized carbons (Fsp3) is 0.167. The molecule has 146 valence electrons. The van der Waals surface area contributed by atoms with Crippen LogP contribution in [0, 0.1) is 0 Å². The van der Waals surface area contributed by atoms with Crippen LogP contribution in [0.1, 0.15) is 29.8 Å². The van der Waals surface area contributed by atoms with Crippen molar-refractivity contribution < 1.29 is 14.3 Å². The lowest BCUT2D eigenvalue weighted by Gasteiger charge is -2.31. The second kappa shape index (κ2) is 7.43. The first kappa shape index (κ1) is 18.7. The molecule has 0 saturated heterocycles. The Morgan fingerprint density at radius 3 is 2.55 bits per heavy atom. The highest BCUT2D eigenvalue weighted by atomic mass is 16.5. The predicted molar refractivity (Wildman–Crippen MR) is 111 cm³/mol. The monoisotopic (exact) mass is 387 g/mol. The lowest BCUT2D eigenvalue weighted by Crippen LogP contribution is -2.32. The molecule has 0 bridgehead atoms. The molecule has 4 rings (SSSR count). The Balaban J connectivity index is 1.65. The highest BCUT2D eigenvalue weighted by Crippen LogP contribution is 2.38. The average Bonchev–Trinajstić information content (AvgIpc) is 2.72. The summed E-state index contributed by atoms with van der Waals surface area (Å²) in [6.45, 7) is 3.80. The third-order valence-corrected chi connectivity index (χ3v) is 4.63. The number of ether oxygens (including phenoxy) is 2. The molecule has 0 N–H and O–H groups in total. The minimum atomic E-state index is -0.566. The molecule has 3 aromatic rings. The summed E-state index contributed by atoms with van der Waals surface area (Å²) >= 11 is 0. The van der Waals surface area contributed by atoms with Crippen LogP contribution in [0.15, 0.2) is 83.8 Å². The van der Waals surface area contributed by atoms with Gasteiger partial charge in [0.25, 0.3) is 5.56 Å². The zero-order valence-electron chi connectivity index (χ0n) is 16.3. The van der Waals surface area contributed by atoms with Crippen molar-refractivity contribution in [3.05, 3.63) is 100 Å². The summed E-state index contributed by atoms with van der Waals surface area (Å²) in [5.74, 6) is 1.09. The molecule has 0 amide bonds. The normalized spacial score (nSPS) is 14.3. The lowest BCUT2D eigenvalue weighted by atomic mass is 9.98. The summed E-state index contributed by atoms with van der Waals surface area (Å²) in [5.41, 5.74) is 1.37. The van der Waals surface area contributed by atoms with Crippen LogP contribution in [0.4, 0.5) is 0 Å². The molecule has 1 aliphatic rings. The number of ketones is 1. The molecule has 0 aliphatic carbocycles. The van der Waals surface area contributed by atoms with E-state index < -0.39 is 5.60 Å². The van der Waals surface area contributed by atoms with Crippen LogP contribution in [0.3, 0.4) is 0 Å². The average molecular weight is 387 g/mol. The van der Waals surface area contributed by atoms with Crippen LogP contribution in [0.5, 0.6) is 11.5 Å². The van der Waals surface area contributed by atoms with Crippen molar-refractivity contribution in [3.8, 4) is 11.5 Å². The third kappa shape index (κ3) is 3.99. The summed E-state index contributed by atoms with van der Waals surface area (Å²) in [6, 6.07) is 19.4. The van der Waals surface area contributed by atoms with E-state index >= 15 is 0 Å². The fourth-order valence-corrected chi connectivity index (χ4v) is 3.29. The molecular weight excluding hydrogens is 366 g/mol. The quantitative estimate of drug-likeness (QED) is 0.617. The third-order valence-electron chi connectivity index (χ3n) is 4.63. The molecule has 0 saturated carbocycles. The number of pyridine rings is 1. The molecule has 0 unspecified atom stereocenters. The SMILES string of the molecule is CC1(C)C=C(n2ccccc2=O)c2cc(OCC(=O)c3ccccc3)ccc2O1. The van der Waals surface area contributed by atoms with Gasteiger partial charge in [-0.1, -0.05) is 36.4 Å². The number of fused-ring (bicyclic) bond motifs is 1. The fourth-order valence-electron chi connectivity index (χ4n) is 3.29. The molecule has 0 fully saturated rings. The van der Waals surface area contributed by atoms with Crippen molar-refractivity contribution >= 4 is 11.5 Å². The number of nitrogens with zero attached hydrogens (tertiary/aromatic N) is 1. The molecule has 2 aromatic carbocycles. The predicted octanol–water partition coefficient (Wildman–Crippen LogP) is 4.17. The molecule has 0 spiro atoms. The number of carbonyl (C=O) groups is 1. The van der Waals surface area contributed by atoms with Gasteiger partial charge in [-0.2, -0.15) is 0 Å². The van der Waals surface area contributed by atoms with Crippen molar-refractivity contribution in [2.24, 2.45) is 0 Å². The second-order valence-electron chi connectivity index (χ2n) is 7.38. The van der Waals surface area contributed by atoms with Gasteiger partial charge < -0.3 is 9.47 Å². The van der Waals surface area contributed by atoms with Gasteiger partial charge in [0.2, 0.25) is 0 Å². The first-order valence-corrected chi connectivity index (χ1v) is 9.38. The standard InChI is InChI=1S/C24H21NO4/c1-24(2)15-20(25-13-7-6-10-23(25)27)19-14-18(11-12-22(19)29-24)28-16-21(26)17-8-4-3-5-9-17/h3-15H,16H2,1-2H3. The summed E-state index contributed by atoms with van der Waals surface area (Å²) in [6.07, 6.45) is 3.64. The van der Waals surface area contributed by atoms with Gasteiger partial charge in [0, 0.05) is 23.4 Å². The number of rotatable bonds is 5. The van der Waals surface area contributed by atoms with E-state index in [0.717, 1.165) is 11.3 Å². The van der Waals surface area contributed by atoms with Crippen LogP contribution in [0.2, 0.25) is 0 Å². The van der Waals surface area contributed by atoms with E-state index in [4.69, 9.17) is 9.47 Å². The summed E-state index contributed by atoms with van der Waals surface area (Å²) in [7, 11) is 0. The van der Waals surface area contributed by atoms with Crippen molar-refractivity contribution in [1.82, 2.24) is 4.57 Å². The number of hydrogen-bond acceptors (Lipinski definition) is 4. The lowest BCUT2D eigenvalue weighted by molar-refractivity contribution is 0.0921. The zero-order valence-corrected chi connectivity index (χ0v) is 16.3. The van der Waals surface area contributed by atoms with E-state index in [9.17, 15) is 9.59 Å². The maximum atomic E-state index is 12.4. The van der Waals surface area contributed by atoms with Gasteiger partial charge in [0.15, 0.2) is 12.4 Å². The number of Topliss-reactive ketones (excluding diaryl/α,β-unsaturated/α-hetero) is 1. The van der Waals surface area contributed by atoms with Crippen molar-refractivity contribution in [1.29, 1.82) is 0 Å². The van der Waals surface area contributed by atoms with Gasteiger partial charge in [0.1, 0.15) is 17.1 Å². The Morgan fingerprint density at radius 1 is 1.03 bits per heavy atom. The van der Waals surface area contributed by atoms with E-state index in [1.165, 1.54) is 6.07 Å². The Kier molecular flexibility index (Phi) is 4.80. The van der Waals surface area contributed by atoms with Gasteiger partial charge in [-0.15, -0.1) is 0 Å². The maximum Gasteiger partial charge on any atom is 0.255 e. The first-order valence-electron chi connectivity index (χ1n) is 9.38. The molecule has 0 radical (unpaired) electrons. The van der Waals surface area contributed by atoms with E-state index in [2.05, 4.69) is 0 Å². The molecular formula is C24H21NO4. The molecule has 5 nitrogen and oxygen atoms in total. The Bertz CT molecular complexity index is 1140. The smallest absolute Gasteiger partial charge is 0.255 e. The zero-order chi connectivity index (χ0) is 20.4. The number of benzene rings is 2. The van der Waals surface area contributed by atoms with Crippen LogP contribution in [-0.2, 0) is 0 Å². The summed E-state index contributed by atoms with van der Waals surface area (Å²) in [4.78, 5) is 24.7. The number of hydrogen-bond donors (Lipinski definition) is 0. The minimum absolute atomic E-state index is 0.0700. The van der Waals surface area contributed by atoms with E-state index in [1.807, 2.05) is 44.2 Å². The second-order valence-corrected chi connectivity index (χ2v) is 7.38. The van der Waals surface area contributed by atoms with E-state index in [1.54, 1.807) is 47.2 Å². The van der Waals surface area contributed by atoms with Crippen LogP contribution in [0.25, 0.3) is 5.70 Å². The molecule has 2 heterocycles. The Morgan fingerprint density at radius 2 is 1.79 bits per heavy atom. The van der Waals surface area contributed by atoms with Crippen molar-refractivity contribution in [2.45, 2.75) is 19.4 Å². The minimum Gasteiger partial charge on any atom is -0.485 e. The molecule has 1 aliphatic heterocycles. The highest BCUT2D eigenvalue weighted by Gasteiger charge is 2.28. The van der Waals surface area contributed by atoms with Gasteiger partial charge in [-0.05, 0) is 44.2 Å². The summed E-state index contributed by atoms with van der Waals surface area (Å²) < 4.78 is 13.4. The molecule has 29 heavy (non-hydrogen) atoms. The molecule has 0 atom stereocenters. The molecule has 5 heteroatoms. The van der Waals surface area contributed by atoms with E-state index in [0.29, 0.717) is 17.1 Å². The van der Waals surface area contributed by atoms with Gasteiger partial charge >= 0.3 is 0 Å². The van der Waals surface area contributed by atoms with Crippen LogP contribution in [-0.4, -0.2) is 22.6 Å². The first-order chi connectivity index (χ1) is 13.9. The Hall–Kier alpha value is -3.60. The van der Waals surface area contributed by atoms with Gasteiger partial charge in [-0.3, -0.25) is 14.2 Å². The van der Waals surface area contributed by atoms with Crippen molar-refractivity contribution in [3.63, 3.8) is 0 Å². The number of aromatic nitrogens is 1. The van der Waals surface area contributed by atoms with Crippen molar-refractivity contribution in [2.75, 3.05) is 6.61 Å². The Labute approximate surface area is 168 Å². The van der Waals surface area contributed by atoms with Gasteiger partial charge in [0.05, 0.1) is 5.70 Å². The summed E-state index contributed by atoms with van der Waals surface area (Å²) in [5, 5.41) is 0. The molecule has 1 aromatic heterocycles. The highest BCUT2D eigenvalue weighted by molar-refractivity contribution is 5.97.